The summed E-state index contributed by atoms with van der Waals surface area (Å²) in [4.78, 5) is 15.0. The quantitative estimate of drug-likeness (QED) is 0.858. The molecule has 1 aliphatic heterocycles. The Morgan fingerprint density at radius 1 is 1.50 bits per heavy atom. The molecule has 0 spiro atoms. The second-order valence-electron chi connectivity index (χ2n) is 6.22. The highest BCUT2D eigenvalue weighted by atomic mass is 19.4. The number of rotatable bonds is 6. The molecule has 1 fully saturated rings. The van der Waals surface area contributed by atoms with Gasteiger partial charge in [-0.15, -0.1) is 0 Å². The second-order valence-corrected chi connectivity index (χ2v) is 6.22. The van der Waals surface area contributed by atoms with Crippen LogP contribution in [0.4, 0.5) is 13.2 Å². The molecule has 2 rings (SSSR count). The van der Waals surface area contributed by atoms with E-state index in [0.717, 1.165) is 24.2 Å². The Bertz CT molecular complexity index is 517. The molecule has 0 bridgehead atoms. The van der Waals surface area contributed by atoms with Gasteiger partial charge in [0.05, 0.1) is 25.5 Å². The number of alkyl halides is 3. The lowest BCUT2D eigenvalue weighted by molar-refractivity contribution is -0.164. The Morgan fingerprint density at radius 3 is 2.83 bits per heavy atom. The molecular weight excluding hydrogens is 325 g/mol. The molecule has 0 saturated carbocycles. The van der Waals surface area contributed by atoms with Crippen LogP contribution in [-0.2, 0) is 11.3 Å². The molecule has 0 aliphatic carbocycles. The summed E-state index contributed by atoms with van der Waals surface area (Å²) in [5, 5.41) is 9.83. The number of hydrogen-bond donors (Lipinski definition) is 1. The van der Waals surface area contributed by atoms with E-state index in [1.54, 1.807) is 17.9 Å². The van der Waals surface area contributed by atoms with E-state index in [4.69, 9.17) is 4.42 Å². The maximum absolute atomic E-state index is 12.8. The van der Waals surface area contributed by atoms with Crippen molar-refractivity contribution in [3.05, 3.63) is 24.2 Å². The molecule has 1 saturated heterocycles. The highest BCUT2D eigenvalue weighted by molar-refractivity contribution is 5.78. The molecule has 136 valence electrons. The van der Waals surface area contributed by atoms with Crippen LogP contribution in [0.1, 0.15) is 31.9 Å². The summed E-state index contributed by atoms with van der Waals surface area (Å²) in [5.74, 6) is -0.311. The maximum atomic E-state index is 12.8. The Labute approximate surface area is 139 Å². The van der Waals surface area contributed by atoms with E-state index in [1.807, 2.05) is 0 Å². The van der Waals surface area contributed by atoms with Crippen molar-refractivity contribution in [1.82, 2.24) is 9.80 Å². The molecule has 5 nitrogen and oxygen atoms in total. The predicted octanol–water partition coefficient (Wildman–Crippen LogP) is 2.41. The highest BCUT2D eigenvalue weighted by Gasteiger charge is 2.35. The molecule has 1 amide bonds. The molecule has 1 aliphatic rings. The Kier molecular flexibility index (Phi) is 6.28. The lowest BCUT2D eigenvalue weighted by Gasteiger charge is -2.38. The van der Waals surface area contributed by atoms with Crippen LogP contribution < -0.4 is 0 Å². The summed E-state index contributed by atoms with van der Waals surface area (Å²) >= 11 is 0. The van der Waals surface area contributed by atoms with Crippen LogP contribution in [0.5, 0.6) is 0 Å². The number of furan rings is 1. The van der Waals surface area contributed by atoms with Crippen molar-refractivity contribution < 1.29 is 27.5 Å². The molecule has 0 radical (unpaired) electrons. The second kappa shape index (κ2) is 8.02. The highest BCUT2D eigenvalue weighted by Crippen LogP contribution is 2.22. The summed E-state index contributed by atoms with van der Waals surface area (Å²) in [7, 11) is 0. The first kappa shape index (κ1) is 18.8. The minimum atomic E-state index is -4.48. The van der Waals surface area contributed by atoms with Crippen LogP contribution in [0.25, 0.3) is 0 Å². The van der Waals surface area contributed by atoms with Gasteiger partial charge in [-0.1, -0.05) is 6.42 Å². The average Bonchev–Trinajstić information content (AvgIpc) is 2.98. The first-order valence-electron chi connectivity index (χ1n) is 8.05. The van der Waals surface area contributed by atoms with Crippen molar-refractivity contribution in [3.8, 4) is 0 Å². The van der Waals surface area contributed by atoms with Gasteiger partial charge in [-0.2, -0.15) is 13.2 Å². The minimum Gasteiger partial charge on any atom is -0.467 e. The molecule has 1 N–H and O–H groups in total. The molecular formula is C16H23F3N2O3. The number of piperidine rings is 1. The van der Waals surface area contributed by atoms with Crippen LogP contribution in [-0.4, -0.2) is 58.8 Å². The maximum Gasteiger partial charge on any atom is 0.406 e. The summed E-state index contributed by atoms with van der Waals surface area (Å²) in [6, 6.07) is 2.91. The minimum absolute atomic E-state index is 0.133. The van der Waals surface area contributed by atoms with Crippen molar-refractivity contribution in [3.63, 3.8) is 0 Å². The number of likely N-dealkylation sites (tertiary alicyclic amines) is 1. The third kappa shape index (κ3) is 5.52. The van der Waals surface area contributed by atoms with Crippen LogP contribution >= 0.6 is 0 Å². The van der Waals surface area contributed by atoms with Gasteiger partial charge < -0.3 is 14.4 Å². The normalized spacial score (nSPS) is 20.8. The largest absolute Gasteiger partial charge is 0.467 e. The zero-order valence-electron chi connectivity index (χ0n) is 13.6. The topological polar surface area (TPSA) is 56.9 Å². The van der Waals surface area contributed by atoms with E-state index in [2.05, 4.69) is 0 Å². The van der Waals surface area contributed by atoms with E-state index in [0.29, 0.717) is 12.3 Å². The van der Waals surface area contributed by atoms with Gasteiger partial charge in [0.2, 0.25) is 5.91 Å². The average molecular weight is 348 g/mol. The smallest absolute Gasteiger partial charge is 0.406 e. The number of amides is 1. The zero-order valence-corrected chi connectivity index (χ0v) is 13.6. The monoisotopic (exact) mass is 348 g/mol. The summed E-state index contributed by atoms with van der Waals surface area (Å²) in [6.07, 6.45) is -1.19. The summed E-state index contributed by atoms with van der Waals surface area (Å²) in [5.41, 5.74) is 0. The molecule has 0 aromatic carbocycles. The zero-order chi connectivity index (χ0) is 17.7. The molecule has 8 heteroatoms. The van der Waals surface area contributed by atoms with E-state index in [1.165, 1.54) is 12.3 Å². The van der Waals surface area contributed by atoms with Gasteiger partial charge in [0.15, 0.2) is 0 Å². The predicted molar refractivity (Wildman–Crippen MR) is 81.1 cm³/mol. The number of halogens is 3. The van der Waals surface area contributed by atoms with Crippen LogP contribution in [0.2, 0.25) is 0 Å². The van der Waals surface area contributed by atoms with Crippen LogP contribution in [0.3, 0.4) is 0 Å². The fourth-order valence-electron chi connectivity index (χ4n) is 3.07. The van der Waals surface area contributed by atoms with Crippen LogP contribution in [0, 0.1) is 0 Å². The van der Waals surface area contributed by atoms with Gasteiger partial charge in [-0.05, 0) is 38.4 Å². The van der Waals surface area contributed by atoms with Gasteiger partial charge in [-0.25, -0.2) is 0 Å². The van der Waals surface area contributed by atoms with Gasteiger partial charge >= 0.3 is 6.18 Å². The molecule has 2 unspecified atom stereocenters. The third-order valence-electron chi connectivity index (χ3n) is 4.21. The standard InChI is InChI=1S/C16H23F3N2O3/c1-12(22)14-6-2-3-7-20(14)10-15(23)21(11-16(17,18)19)9-13-5-4-8-24-13/h4-5,8,12,14,22H,2-3,6-7,9-11H2,1H3. The first-order valence-corrected chi connectivity index (χ1v) is 8.05. The summed E-state index contributed by atoms with van der Waals surface area (Å²) < 4.78 is 43.5. The number of carbonyl (C=O) groups excluding carboxylic acids is 1. The van der Waals surface area contributed by atoms with E-state index in [-0.39, 0.29) is 19.1 Å². The molecule has 2 atom stereocenters. The molecule has 24 heavy (non-hydrogen) atoms. The van der Waals surface area contributed by atoms with Crippen LogP contribution in [0.15, 0.2) is 22.8 Å². The van der Waals surface area contributed by atoms with Crippen molar-refractivity contribution in [2.75, 3.05) is 19.6 Å². The van der Waals surface area contributed by atoms with Crippen molar-refractivity contribution >= 4 is 5.91 Å². The molecule has 1 aromatic heterocycles. The van der Waals surface area contributed by atoms with E-state index in [9.17, 15) is 23.1 Å². The summed E-state index contributed by atoms with van der Waals surface area (Å²) in [6.45, 7) is 0.566. The van der Waals surface area contributed by atoms with E-state index < -0.39 is 24.7 Å². The molecule has 1 aromatic rings. The number of aliphatic hydroxyl groups excluding tert-OH is 1. The number of aliphatic hydroxyl groups is 1. The fourth-order valence-corrected chi connectivity index (χ4v) is 3.07. The fraction of sp³-hybridized carbons (Fsp3) is 0.688. The van der Waals surface area contributed by atoms with Gasteiger partial charge in [0.25, 0.3) is 0 Å². The lowest BCUT2D eigenvalue weighted by Crippen LogP contribution is -2.51. The van der Waals surface area contributed by atoms with Crippen molar-refractivity contribution in [1.29, 1.82) is 0 Å². The van der Waals surface area contributed by atoms with Gasteiger partial charge in [-0.3, -0.25) is 9.69 Å². The number of carbonyl (C=O) groups is 1. The Morgan fingerprint density at radius 2 is 2.25 bits per heavy atom. The first-order chi connectivity index (χ1) is 11.3. The van der Waals surface area contributed by atoms with Crippen molar-refractivity contribution in [2.24, 2.45) is 0 Å². The lowest BCUT2D eigenvalue weighted by atomic mass is 9.98. The Balaban J connectivity index is 2.05. The Hall–Kier alpha value is -1.54. The number of hydrogen-bond acceptors (Lipinski definition) is 4. The SMILES string of the molecule is CC(O)C1CCCCN1CC(=O)N(Cc1ccco1)CC(F)(F)F. The van der Waals surface area contributed by atoms with E-state index >= 15 is 0 Å². The third-order valence-corrected chi connectivity index (χ3v) is 4.21. The van der Waals surface area contributed by atoms with Crippen molar-refractivity contribution in [2.45, 2.75) is 51.1 Å². The van der Waals surface area contributed by atoms with Gasteiger partial charge in [0.1, 0.15) is 12.3 Å². The molecule has 2 heterocycles. The number of nitrogens with zero attached hydrogens (tertiary/aromatic N) is 2. The van der Waals surface area contributed by atoms with Gasteiger partial charge in [0, 0.05) is 6.04 Å².